The maximum absolute atomic E-state index is 11.9. The first-order valence-electron chi connectivity index (χ1n) is 7.09. The van der Waals surface area contributed by atoms with Crippen molar-refractivity contribution in [2.24, 2.45) is 0 Å². The van der Waals surface area contributed by atoms with Crippen molar-refractivity contribution in [2.75, 3.05) is 20.6 Å². The van der Waals surface area contributed by atoms with Crippen LogP contribution in [-0.4, -0.2) is 41.1 Å². The van der Waals surface area contributed by atoms with Gasteiger partial charge in [0.1, 0.15) is 5.75 Å². The van der Waals surface area contributed by atoms with Crippen LogP contribution < -0.4 is 4.74 Å². The van der Waals surface area contributed by atoms with Crippen LogP contribution in [0.4, 0.5) is 4.79 Å². The molecule has 1 aromatic heterocycles. The summed E-state index contributed by atoms with van der Waals surface area (Å²) < 4.78 is 5.53. The number of carbonyl (C=O) groups is 1. The van der Waals surface area contributed by atoms with Crippen LogP contribution >= 0.6 is 11.8 Å². The minimum Gasteiger partial charge on any atom is -0.418 e. The molecule has 0 aliphatic heterocycles. The Bertz CT molecular complexity index is 620. The molecule has 0 spiro atoms. The van der Waals surface area contributed by atoms with Gasteiger partial charge in [0.05, 0.1) is 0 Å². The molecule has 0 fully saturated rings. The fourth-order valence-electron chi connectivity index (χ4n) is 2.15. The van der Waals surface area contributed by atoms with E-state index in [1.807, 2.05) is 38.2 Å². The zero-order valence-corrected chi connectivity index (χ0v) is 13.8. The number of H-pyrrole nitrogens is 1. The standard InChI is InChI=1S/C16H22N2O2S/c1-11(2)21-16(19)20-14-7-5-6-13-15(14)12(10-17-13)8-9-18(3)4/h5-7,10-11,17H,8-9H2,1-4H3. The molecule has 0 radical (unpaired) electrons. The average molecular weight is 306 g/mol. The van der Waals surface area contributed by atoms with Gasteiger partial charge in [-0.3, -0.25) is 0 Å². The van der Waals surface area contributed by atoms with Crippen LogP contribution in [0.15, 0.2) is 24.4 Å². The number of carbonyl (C=O) groups excluding carboxylic acids is 1. The van der Waals surface area contributed by atoms with Crippen LogP contribution in [0.2, 0.25) is 0 Å². The summed E-state index contributed by atoms with van der Waals surface area (Å²) in [5, 5.41) is 0.977. The minimum absolute atomic E-state index is 0.219. The summed E-state index contributed by atoms with van der Waals surface area (Å²) in [7, 11) is 4.10. The summed E-state index contributed by atoms with van der Waals surface area (Å²) in [6, 6.07) is 5.76. The number of fused-ring (bicyclic) bond motifs is 1. The third-order valence-electron chi connectivity index (χ3n) is 3.10. The Morgan fingerprint density at radius 2 is 2.14 bits per heavy atom. The normalized spacial score (nSPS) is 11.5. The van der Waals surface area contributed by atoms with Crippen molar-refractivity contribution in [3.8, 4) is 5.75 Å². The lowest BCUT2D eigenvalue weighted by Gasteiger charge is -2.10. The molecule has 4 nitrogen and oxygen atoms in total. The molecule has 0 atom stereocenters. The van der Waals surface area contributed by atoms with Crippen LogP contribution in [-0.2, 0) is 6.42 Å². The zero-order valence-electron chi connectivity index (χ0n) is 13.0. The van der Waals surface area contributed by atoms with Gasteiger partial charge in [-0.05, 0) is 50.0 Å². The molecule has 1 aromatic carbocycles. The Morgan fingerprint density at radius 1 is 1.38 bits per heavy atom. The van der Waals surface area contributed by atoms with Crippen LogP contribution in [0.5, 0.6) is 5.75 Å². The molecule has 2 rings (SSSR count). The summed E-state index contributed by atoms with van der Waals surface area (Å²) in [5.74, 6) is 0.639. The van der Waals surface area contributed by atoms with Gasteiger partial charge in [-0.15, -0.1) is 0 Å². The molecule has 114 valence electrons. The van der Waals surface area contributed by atoms with E-state index >= 15 is 0 Å². The molecule has 0 unspecified atom stereocenters. The van der Waals surface area contributed by atoms with Crippen LogP contribution in [0.25, 0.3) is 10.9 Å². The van der Waals surface area contributed by atoms with Gasteiger partial charge in [0.15, 0.2) is 0 Å². The van der Waals surface area contributed by atoms with E-state index in [2.05, 4.69) is 24.0 Å². The van der Waals surface area contributed by atoms with Crippen molar-refractivity contribution in [1.82, 2.24) is 9.88 Å². The molecule has 0 aliphatic carbocycles. The van der Waals surface area contributed by atoms with E-state index in [0.29, 0.717) is 5.75 Å². The van der Waals surface area contributed by atoms with Crippen LogP contribution in [0, 0.1) is 0 Å². The first kappa shape index (κ1) is 15.9. The number of benzene rings is 1. The maximum Gasteiger partial charge on any atom is 0.372 e. The first-order valence-corrected chi connectivity index (χ1v) is 7.97. The molecule has 0 saturated carbocycles. The van der Waals surface area contributed by atoms with Crippen LogP contribution in [0.1, 0.15) is 19.4 Å². The average Bonchev–Trinajstić information content (AvgIpc) is 2.79. The van der Waals surface area contributed by atoms with E-state index < -0.39 is 0 Å². The predicted molar refractivity (Wildman–Crippen MR) is 89.3 cm³/mol. The summed E-state index contributed by atoms with van der Waals surface area (Å²) in [5.41, 5.74) is 2.18. The Labute approximate surface area is 129 Å². The summed E-state index contributed by atoms with van der Waals surface area (Å²) in [4.78, 5) is 17.3. The Hall–Kier alpha value is -1.46. The highest BCUT2D eigenvalue weighted by atomic mass is 32.2. The number of thioether (sulfide) groups is 1. The SMILES string of the molecule is CC(C)SC(=O)Oc1cccc2[nH]cc(CCN(C)C)c12. The molecular weight excluding hydrogens is 284 g/mol. The lowest BCUT2D eigenvalue weighted by molar-refractivity contribution is 0.227. The van der Waals surface area contributed by atoms with Gasteiger partial charge in [0.25, 0.3) is 0 Å². The highest BCUT2D eigenvalue weighted by molar-refractivity contribution is 8.13. The lowest BCUT2D eigenvalue weighted by atomic mass is 10.1. The number of nitrogens with zero attached hydrogens (tertiary/aromatic N) is 1. The Kier molecular flexibility index (Phi) is 5.31. The number of hydrogen-bond acceptors (Lipinski definition) is 4. The van der Waals surface area contributed by atoms with Crippen molar-refractivity contribution >= 4 is 28.0 Å². The van der Waals surface area contributed by atoms with Gasteiger partial charge < -0.3 is 14.6 Å². The van der Waals surface area contributed by atoms with Crippen molar-refractivity contribution in [3.05, 3.63) is 30.0 Å². The fraction of sp³-hybridized carbons (Fsp3) is 0.438. The largest absolute Gasteiger partial charge is 0.418 e. The van der Waals surface area contributed by atoms with Gasteiger partial charge >= 0.3 is 5.30 Å². The second kappa shape index (κ2) is 7.00. The van der Waals surface area contributed by atoms with E-state index in [9.17, 15) is 4.79 Å². The third kappa shape index (κ3) is 4.25. The molecule has 5 heteroatoms. The first-order chi connectivity index (χ1) is 9.97. The number of aromatic nitrogens is 1. The molecule has 21 heavy (non-hydrogen) atoms. The van der Waals surface area contributed by atoms with E-state index in [0.717, 1.165) is 23.9 Å². The molecule has 2 aromatic rings. The van der Waals surface area contributed by atoms with Crippen molar-refractivity contribution in [1.29, 1.82) is 0 Å². The number of ether oxygens (including phenoxy) is 1. The maximum atomic E-state index is 11.9. The number of hydrogen-bond donors (Lipinski definition) is 1. The summed E-state index contributed by atoms with van der Waals surface area (Å²) in [6.45, 7) is 4.91. The van der Waals surface area contributed by atoms with Gasteiger partial charge in [0.2, 0.25) is 0 Å². The van der Waals surface area contributed by atoms with Gasteiger partial charge in [0, 0.05) is 28.9 Å². The topological polar surface area (TPSA) is 45.3 Å². The van der Waals surface area contributed by atoms with E-state index in [1.54, 1.807) is 0 Å². The molecular formula is C16H22N2O2S. The van der Waals surface area contributed by atoms with Crippen molar-refractivity contribution in [3.63, 3.8) is 0 Å². The molecule has 0 aliphatic rings. The van der Waals surface area contributed by atoms with E-state index in [4.69, 9.17) is 4.74 Å². The monoisotopic (exact) mass is 306 g/mol. The highest BCUT2D eigenvalue weighted by Crippen LogP contribution is 2.30. The number of rotatable bonds is 5. The lowest BCUT2D eigenvalue weighted by Crippen LogP contribution is -2.15. The summed E-state index contributed by atoms with van der Waals surface area (Å²) in [6.07, 6.45) is 2.92. The van der Waals surface area contributed by atoms with Crippen molar-refractivity contribution in [2.45, 2.75) is 25.5 Å². The van der Waals surface area contributed by atoms with Crippen molar-refractivity contribution < 1.29 is 9.53 Å². The molecule has 1 N–H and O–H groups in total. The van der Waals surface area contributed by atoms with Gasteiger partial charge in [-0.1, -0.05) is 19.9 Å². The number of nitrogens with one attached hydrogen (secondary N) is 1. The third-order valence-corrected chi connectivity index (χ3v) is 3.85. The summed E-state index contributed by atoms with van der Waals surface area (Å²) >= 11 is 1.20. The van der Waals surface area contributed by atoms with Gasteiger partial charge in [-0.2, -0.15) is 0 Å². The number of aromatic amines is 1. The Morgan fingerprint density at radius 3 is 2.81 bits per heavy atom. The molecule has 0 bridgehead atoms. The van der Waals surface area contributed by atoms with Gasteiger partial charge in [-0.25, -0.2) is 4.79 Å². The fourth-order valence-corrected chi connectivity index (χ4v) is 2.68. The smallest absolute Gasteiger partial charge is 0.372 e. The molecule has 0 saturated heterocycles. The van der Waals surface area contributed by atoms with E-state index in [1.165, 1.54) is 17.3 Å². The van der Waals surface area contributed by atoms with E-state index in [-0.39, 0.29) is 10.6 Å². The second-order valence-corrected chi connectivity index (χ2v) is 7.08. The predicted octanol–water partition coefficient (Wildman–Crippen LogP) is 3.91. The quantitative estimate of drug-likeness (QED) is 0.851. The van der Waals surface area contributed by atoms with Crippen LogP contribution in [0.3, 0.4) is 0 Å². The zero-order chi connectivity index (χ0) is 15.4. The second-order valence-electron chi connectivity index (χ2n) is 5.56. The molecule has 0 amide bonds. The Balaban J connectivity index is 2.26. The highest BCUT2D eigenvalue weighted by Gasteiger charge is 2.14. The number of likely N-dealkylation sites (N-methyl/N-ethyl adjacent to an activating group) is 1. The molecule has 1 heterocycles. The minimum atomic E-state index is -0.253.